The van der Waals surface area contributed by atoms with Crippen LogP contribution < -0.4 is 5.73 Å². The molecular formula is C13H21N5O. The molecule has 1 saturated carbocycles. The van der Waals surface area contributed by atoms with Crippen LogP contribution in [0.4, 0.5) is 5.82 Å². The van der Waals surface area contributed by atoms with Gasteiger partial charge in [0.15, 0.2) is 0 Å². The van der Waals surface area contributed by atoms with E-state index in [0.717, 1.165) is 12.8 Å². The summed E-state index contributed by atoms with van der Waals surface area (Å²) in [6, 6.07) is 0. The molecule has 1 aromatic heterocycles. The van der Waals surface area contributed by atoms with Gasteiger partial charge in [-0.15, -0.1) is 0 Å². The number of hydrogen-bond donors (Lipinski definition) is 1. The number of carbonyl (C=O) groups excluding carboxylic acids is 1. The second kappa shape index (κ2) is 5.13. The molecule has 0 radical (unpaired) electrons. The molecule has 0 aliphatic heterocycles. The van der Waals surface area contributed by atoms with E-state index in [1.54, 1.807) is 11.9 Å². The molecule has 6 nitrogen and oxygen atoms in total. The lowest BCUT2D eigenvalue weighted by molar-refractivity contribution is 0.0250. The molecule has 1 aromatic rings. The van der Waals surface area contributed by atoms with Crippen LogP contribution in [-0.2, 0) is 0 Å². The van der Waals surface area contributed by atoms with Crippen molar-refractivity contribution in [2.75, 3.05) is 33.4 Å². The van der Waals surface area contributed by atoms with Crippen molar-refractivity contribution in [3.8, 4) is 0 Å². The SMILES string of the molecule is CN(CC1(N(C)C)CCC1)C(=O)c1cncc(N)n1. The Hall–Kier alpha value is -1.69. The normalized spacial score (nSPS) is 17.1. The van der Waals surface area contributed by atoms with Crippen LogP contribution in [0.25, 0.3) is 0 Å². The summed E-state index contributed by atoms with van der Waals surface area (Å²) in [5.74, 6) is 0.137. The lowest BCUT2D eigenvalue weighted by Crippen LogP contribution is -2.57. The Morgan fingerprint density at radius 1 is 1.37 bits per heavy atom. The summed E-state index contributed by atoms with van der Waals surface area (Å²) < 4.78 is 0. The summed E-state index contributed by atoms with van der Waals surface area (Å²) in [6.07, 6.45) is 6.36. The Kier molecular flexibility index (Phi) is 3.71. The second-order valence-electron chi connectivity index (χ2n) is 5.46. The highest BCUT2D eigenvalue weighted by Crippen LogP contribution is 2.36. The van der Waals surface area contributed by atoms with Gasteiger partial charge in [-0.25, -0.2) is 4.98 Å². The number of likely N-dealkylation sites (N-methyl/N-ethyl adjacent to an activating group) is 2. The largest absolute Gasteiger partial charge is 0.382 e. The fraction of sp³-hybridized carbons (Fsp3) is 0.615. The van der Waals surface area contributed by atoms with Crippen LogP contribution in [0.5, 0.6) is 0 Å². The summed E-state index contributed by atoms with van der Waals surface area (Å²) in [7, 11) is 5.94. The van der Waals surface area contributed by atoms with E-state index in [4.69, 9.17) is 5.73 Å². The Balaban J connectivity index is 2.07. The van der Waals surface area contributed by atoms with Crippen molar-refractivity contribution in [1.29, 1.82) is 0 Å². The second-order valence-corrected chi connectivity index (χ2v) is 5.46. The fourth-order valence-electron chi connectivity index (χ4n) is 2.52. The Labute approximate surface area is 113 Å². The van der Waals surface area contributed by atoms with Gasteiger partial charge in [0.05, 0.1) is 12.4 Å². The molecule has 0 bridgehead atoms. The lowest BCUT2D eigenvalue weighted by Gasteiger charge is -2.49. The number of nitrogens with zero attached hydrogens (tertiary/aromatic N) is 4. The Morgan fingerprint density at radius 2 is 2.05 bits per heavy atom. The van der Waals surface area contributed by atoms with Gasteiger partial charge in [-0.05, 0) is 33.4 Å². The standard InChI is InChI=1S/C13H21N5O/c1-17(2)13(5-4-6-13)9-18(3)12(19)10-7-15-8-11(14)16-10/h7-8H,4-6,9H2,1-3H3,(H2,14,16). The van der Waals surface area contributed by atoms with Crippen LogP contribution in [0.3, 0.4) is 0 Å². The number of aromatic nitrogens is 2. The molecule has 104 valence electrons. The fourth-order valence-corrected chi connectivity index (χ4v) is 2.52. The lowest BCUT2D eigenvalue weighted by atomic mass is 9.75. The van der Waals surface area contributed by atoms with Gasteiger partial charge in [0.1, 0.15) is 11.5 Å². The first-order valence-corrected chi connectivity index (χ1v) is 6.45. The molecule has 2 N–H and O–H groups in total. The summed E-state index contributed by atoms with van der Waals surface area (Å²) >= 11 is 0. The number of nitrogens with two attached hydrogens (primary N) is 1. The topological polar surface area (TPSA) is 75.3 Å². The predicted molar refractivity (Wildman–Crippen MR) is 73.7 cm³/mol. The smallest absolute Gasteiger partial charge is 0.273 e. The number of hydrogen-bond acceptors (Lipinski definition) is 5. The first-order chi connectivity index (χ1) is 8.94. The molecule has 0 saturated heterocycles. The van der Waals surface area contributed by atoms with Crippen LogP contribution in [-0.4, -0.2) is 58.9 Å². The summed E-state index contributed by atoms with van der Waals surface area (Å²) in [5.41, 5.74) is 5.97. The van der Waals surface area contributed by atoms with Crippen molar-refractivity contribution < 1.29 is 4.79 Å². The van der Waals surface area contributed by atoms with E-state index in [1.165, 1.54) is 18.8 Å². The molecule has 6 heteroatoms. The third kappa shape index (κ3) is 2.68. The van der Waals surface area contributed by atoms with Gasteiger partial charge < -0.3 is 15.5 Å². The van der Waals surface area contributed by atoms with Gasteiger partial charge >= 0.3 is 0 Å². The van der Waals surface area contributed by atoms with Crippen molar-refractivity contribution in [3.05, 3.63) is 18.1 Å². The van der Waals surface area contributed by atoms with E-state index < -0.39 is 0 Å². The summed E-state index contributed by atoms with van der Waals surface area (Å²) in [6.45, 7) is 0.704. The maximum atomic E-state index is 12.3. The quantitative estimate of drug-likeness (QED) is 0.861. The molecule has 1 aliphatic rings. The Morgan fingerprint density at radius 3 is 2.53 bits per heavy atom. The van der Waals surface area contributed by atoms with E-state index in [2.05, 4.69) is 29.0 Å². The monoisotopic (exact) mass is 263 g/mol. The van der Waals surface area contributed by atoms with Crippen LogP contribution >= 0.6 is 0 Å². The van der Waals surface area contributed by atoms with Crippen molar-refractivity contribution >= 4 is 11.7 Å². The molecule has 1 amide bonds. The van der Waals surface area contributed by atoms with Crippen molar-refractivity contribution in [2.45, 2.75) is 24.8 Å². The zero-order chi connectivity index (χ0) is 14.0. The summed E-state index contributed by atoms with van der Waals surface area (Å²) in [5, 5.41) is 0. The van der Waals surface area contributed by atoms with Gasteiger partial charge in [-0.1, -0.05) is 0 Å². The van der Waals surface area contributed by atoms with E-state index >= 15 is 0 Å². The van der Waals surface area contributed by atoms with Crippen LogP contribution in [0.15, 0.2) is 12.4 Å². The molecule has 2 rings (SSSR count). The zero-order valence-electron chi connectivity index (χ0n) is 11.8. The highest BCUT2D eigenvalue weighted by atomic mass is 16.2. The van der Waals surface area contributed by atoms with Gasteiger partial charge in [-0.3, -0.25) is 9.78 Å². The molecular weight excluding hydrogens is 242 g/mol. The number of carbonyl (C=O) groups is 1. The van der Waals surface area contributed by atoms with Crippen molar-refractivity contribution in [3.63, 3.8) is 0 Å². The van der Waals surface area contributed by atoms with Gasteiger partial charge in [0.2, 0.25) is 0 Å². The minimum Gasteiger partial charge on any atom is -0.382 e. The third-order valence-corrected chi connectivity index (χ3v) is 3.98. The number of nitrogen functional groups attached to an aromatic ring is 1. The van der Waals surface area contributed by atoms with Crippen LogP contribution in [0.2, 0.25) is 0 Å². The van der Waals surface area contributed by atoms with Crippen LogP contribution in [0.1, 0.15) is 29.8 Å². The van der Waals surface area contributed by atoms with Gasteiger partial charge in [0.25, 0.3) is 5.91 Å². The number of amides is 1. The highest BCUT2D eigenvalue weighted by molar-refractivity contribution is 5.92. The van der Waals surface area contributed by atoms with E-state index in [-0.39, 0.29) is 17.3 Å². The van der Waals surface area contributed by atoms with E-state index in [1.807, 2.05) is 0 Å². The van der Waals surface area contributed by atoms with Crippen molar-refractivity contribution in [1.82, 2.24) is 19.8 Å². The average Bonchev–Trinajstić information content (AvgIpc) is 2.32. The van der Waals surface area contributed by atoms with E-state index in [9.17, 15) is 4.79 Å². The Bertz CT molecular complexity index is 470. The zero-order valence-corrected chi connectivity index (χ0v) is 11.8. The molecule has 0 aromatic carbocycles. The molecule has 1 aliphatic carbocycles. The number of anilines is 1. The first-order valence-electron chi connectivity index (χ1n) is 6.45. The third-order valence-electron chi connectivity index (χ3n) is 3.98. The minimum atomic E-state index is -0.132. The van der Waals surface area contributed by atoms with E-state index in [0.29, 0.717) is 12.2 Å². The molecule has 19 heavy (non-hydrogen) atoms. The predicted octanol–water partition coefficient (Wildman–Crippen LogP) is 0.615. The maximum Gasteiger partial charge on any atom is 0.273 e. The van der Waals surface area contributed by atoms with Crippen LogP contribution in [0, 0.1) is 0 Å². The molecule has 0 spiro atoms. The van der Waals surface area contributed by atoms with Gasteiger partial charge in [0, 0.05) is 19.1 Å². The highest BCUT2D eigenvalue weighted by Gasteiger charge is 2.40. The van der Waals surface area contributed by atoms with Gasteiger partial charge in [-0.2, -0.15) is 0 Å². The first kappa shape index (κ1) is 13.7. The number of rotatable bonds is 4. The molecule has 0 atom stereocenters. The molecule has 1 heterocycles. The molecule has 1 fully saturated rings. The minimum absolute atomic E-state index is 0.109. The molecule has 0 unspecified atom stereocenters. The summed E-state index contributed by atoms with van der Waals surface area (Å²) in [4.78, 5) is 24.1. The maximum absolute atomic E-state index is 12.3. The average molecular weight is 263 g/mol. The van der Waals surface area contributed by atoms with Crippen molar-refractivity contribution in [2.24, 2.45) is 0 Å².